The molecule has 0 spiro atoms. The molecule has 0 N–H and O–H groups in total. The summed E-state index contributed by atoms with van der Waals surface area (Å²) in [5.74, 6) is 0.472. The second-order valence-electron chi connectivity index (χ2n) is 3.68. The van der Waals surface area contributed by atoms with Gasteiger partial charge in [-0.1, -0.05) is 0 Å². The van der Waals surface area contributed by atoms with Gasteiger partial charge in [0.1, 0.15) is 0 Å². The Morgan fingerprint density at radius 1 is 1.38 bits per heavy atom. The summed E-state index contributed by atoms with van der Waals surface area (Å²) >= 11 is 5.95. The highest BCUT2D eigenvalue weighted by Crippen LogP contribution is 2.24. The highest BCUT2D eigenvalue weighted by molar-refractivity contribution is 7.88. The molecule has 1 atom stereocenters. The molecule has 1 saturated heterocycles. The van der Waals surface area contributed by atoms with Gasteiger partial charge in [-0.15, -0.1) is 11.6 Å². The Balaban J connectivity index is 2.49. The van der Waals surface area contributed by atoms with Crippen LogP contribution in [0.4, 0.5) is 0 Å². The Kier molecular flexibility index (Phi) is 3.60. The molecule has 0 aromatic heterocycles. The topological polar surface area (TPSA) is 37.4 Å². The Bertz CT molecular complexity index is 255. The van der Waals surface area contributed by atoms with Crippen LogP contribution in [-0.2, 0) is 10.0 Å². The molecule has 0 amide bonds. The Morgan fingerprint density at radius 2 is 1.85 bits per heavy atom. The Labute approximate surface area is 85.1 Å². The van der Waals surface area contributed by atoms with Crippen LogP contribution in [0.5, 0.6) is 0 Å². The van der Waals surface area contributed by atoms with Gasteiger partial charge in [0.05, 0.1) is 6.26 Å². The van der Waals surface area contributed by atoms with E-state index in [1.165, 1.54) is 10.6 Å². The first-order valence-electron chi connectivity index (χ1n) is 4.50. The summed E-state index contributed by atoms with van der Waals surface area (Å²) in [6, 6.07) is 0. The lowest BCUT2D eigenvalue weighted by molar-refractivity contribution is 0.273. The van der Waals surface area contributed by atoms with Gasteiger partial charge in [-0.25, -0.2) is 12.7 Å². The first-order valence-corrected chi connectivity index (χ1v) is 6.79. The van der Waals surface area contributed by atoms with E-state index < -0.39 is 10.0 Å². The zero-order valence-electron chi connectivity index (χ0n) is 8.03. The Morgan fingerprint density at radius 3 is 2.15 bits per heavy atom. The van der Waals surface area contributed by atoms with Gasteiger partial charge in [0.25, 0.3) is 0 Å². The maximum absolute atomic E-state index is 11.2. The molecule has 1 unspecified atom stereocenters. The standard InChI is InChI=1S/C8H16ClNO2S/c1-7(9)8-3-5-10(6-4-8)13(2,11)12/h7-8H,3-6H2,1-2H3. The quantitative estimate of drug-likeness (QED) is 0.665. The zero-order chi connectivity index (χ0) is 10.1. The SMILES string of the molecule is CC(Cl)C1CCN(S(C)(=O)=O)CC1. The van der Waals surface area contributed by atoms with E-state index >= 15 is 0 Å². The van der Waals surface area contributed by atoms with Gasteiger partial charge in [0.2, 0.25) is 10.0 Å². The molecule has 1 heterocycles. The summed E-state index contributed by atoms with van der Waals surface area (Å²) in [6.45, 7) is 3.23. The molecule has 1 fully saturated rings. The average Bonchev–Trinajstić information content (AvgIpc) is 2.03. The smallest absolute Gasteiger partial charge is 0.211 e. The molecule has 13 heavy (non-hydrogen) atoms. The van der Waals surface area contributed by atoms with Crippen molar-refractivity contribution in [1.82, 2.24) is 4.31 Å². The molecule has 0 aromatic rings. The molecule has 3 nitrogen and oxygen atoms in total. The van der Waals surface area contributed by atoms with Crippen molar-refractivity contribution in [2.45, 2.75) is 25.1 Å². The molecule has 1 aliphatic rings. The molecular weight excluding hydrogens is 210 g/mol. The van der Waals surface area contributed by atoms with Crippen molar-refractivity contribution in [1.29, 1.82) is 0 Å². The van der Waals surface area contributed by atoms with E-state index in [1.54, 1.807) is 0 Å². The molecule has 0 radical (unpaired) electrons. The van der Waals surface area contributed by atoms with E-state index in [-0.39, 0.29) is 5.38 Å². The summed E-state index contributed by atoms with van der Waals surface area (Å²) in [5.41, 5.74) is 0. The van der Waals surface area contributed by atoms with Crippen LogP contribution in [0, 0.1) is 5.92 Å². The zero-order valence-corrected chi connectivity index (χ0v) is 9.61. The number of sulfonamides is 1. The van der Waals surface area contributed by atoms with Crippen LogP contribution < -0.4 is 0 Å². The van der Waals surface area contributed by atoms with E-state index in [0.717, 1.165) is 12.8 Å². The van der Waals surface area contributed by atoms with E-state index in [2.05, 4.69) is 0 Å². The van der Waals surface area contributed by atoms with E-state index in [4.69, 9.17) is 11.6 Å². The van der Waals surface area contributed by atoms with Crippen LogP contribution in [-0.4, -0.2) is 37.4 Å². The minimum absolute atomic E-state index is 0.154. The lowest BCUT2D eigenvalue weighted by atomic mass is 9.95. The highest BCUT2D eigenvalue weighted by atomic mass is 35.5. The van der Waals surface area contributed by atoms with Gasteiger partial charge in [0.15, 0.2) is 0 Å². The third-order valence-corrected chi connectivity index (χ3v) is 4.28. The average molecular weight is 226 g/mol. The van der Waals surface area contributed by atoms with Crippen molar-refractivity contribution < 1.29 is 8.42 Å². The van der Waals surface area contributed by atoms with Gasteiger partial charge in [0, 0.05) is 18.5 Å². The van der Waals surface area contributed by atoms with Crippen LogP contribution in [0.1, 0.15) is 19.8 Å². The predicted octanol–water partition coefficient (Wildman–Crippen LogP) is 1.29. The van der Waals surface area contributed by atoms with Gasteiger partial charge >= 0.3 is 0 Å². The van der Waals surface area contributed by atoms with Gasteiger partial charge < -0.3 is 0 Å². The summed E-state index contributed by atoms with van der Waals surface area (Å²) in [4.78, 5) is 0. The summed E-state index contributed by atoms with van der Waals surface area (Å²) in [6.07, 6.45) is 3.03. The number of alkyl halides is 1. The lowest BCUT2D eigenvalue weighted by Crippen LogP contribution is -2.39. The van der Waals surface area contributed by atoms with Crippen LogP contribution in [0.15, 0.2) is 0 Å². The van der Waals surface area contributed by atoms with Crippen molar-refractivity contribution in [3.8, 4) is 0 Å². The Hall–Kier alpha value is 0.200. The third-order valence-electron chi connectivity index (χ3n) is 2.62. The highest BCUT2D eigenvalue weighted by Gasteiger charge is 2.26. The second-order valence-corrected chi connectivity index (χ2v) is 6.35. The van der Waals surface area contributed by atoms with Crippen LogP contribution in [0.25, 0.3) is 0 Å². The molecule has 1 aliphatic heterocycles. The van der Waals surface area contributed by atoms with Crippen LogP contribution in [0.2, 0.25) is 0 Å². The van der Waals surface area contributed by atoms with Crippen LogP contribution in [0.3, 0.4) is 0 Å². The maximum Gasteiger partial charge on any atom is 0.211 e. The molecule has 78 valence electrons. The fraction of sp³-hybridized carbons (Fsp3) is 1.00. The van der Waals surface area contributed by atoms with Crippen molar-refractivity contribution in [2.75, 3.05) is 19.3 Å². The molecular formula is C8H16ClNO2S. The molecule has 0 aromatic carbocycles. The second kappa shape index (κ2) is 4.15. The predicted molar refractivity (Wildman–Crippen MR) is 54.5 cm³/mol. The van der Waals surface area contributed by atoms with E-state index in [0.29, 0.717) is 19.0 Å². The minimum Gasteiger partial charge on any atom is -0.213 e. The lowest BCUT2D eigenvalue weighted by Gasteiger charge is -2.31. The first-order chi connectivity index (χ1) is 5.91. The minimum atomic E-state index is -2.98. The molecule has 1 rings (SSSR count). The fourth-order valence-electron chi connectivity index (χ4n) is 1.67. The monoisotopic (exact) mass is 225 g/mol. The van der Waals surface area contributed by atoms with Crippen molar-refractivity contribution in [3.63, 3.8) is 0 Å². The van der Waals surface area contributed by atoms with E-state index in [1.807, 2.05) is 6.92 Å². The number of hydrogen-bond donors (Lipinski definition) is 0. The van der Waals surface area contributed by atoms with Crippen molar-refractivity contribution >= 4 is 21.6 Å². The summed E-state index contributed by atoms with van der Waals surface area (Å²) in [5, 5.41) is 0.154. The normalized spacial score (nSPS) is 24.5. The molecule has 0 bridgehead atoms. The fourth-order valence-corrected chi connectivity index (χ4v) is 2.79. The summed E-state index contributed by atoms with van der Waals surface area (Å²) in [7, 11) is -2.98. The number of piperidine rings is 1. The number of halogens is 1. The molecule has 5 heteroatoms. The van der Waals surface area contributed by atoms with Crippen LogP contribution >= 0.6 is 11.6 Å². The largest absolute Gasteiger partial charge is 0.213 e. The summed E-state index contributed by atoms with van der Waals surface area (Å²) < 4.78 is 23.8. The maximum atomic E-state index is 11.2. The van der Waals surface area contributed by atoms with Crippen molar-refractivity contribution in [3.05, 3.63) is 0 Å². The van der Waals surface area contributed by atoms with Gasteiger partial charge in [-0.05, 0) is 25.7 Å². The molecule has 0 aliphatic carbocycles. The third kappa shape index (κ3) is 3.11. The number of nitrogens with zero attached hydrogens (tertiary/aromatic N) is 1. The first kappa shape index (κ1) is 11.3. The van der Waals surface area contributed by atoms with Gasteiger partial charge in [-0.3, -0.25) is 0 Å². The van der Waals surface area contributed by atoms with Gasteiger partial charge in [-0.2, -0.15) is 0 Å². The van der Waals surface area contributed by atoms with E-state index in [9.17, 15) is 8.42 Å². The number of hydrogen-bond acceptors (Lipinski definition) is 2. The number of rotatable bonds is 2. The molecule has 0 saturated carbocycles. The van der Waals surface area contributed by atoms with Crippen molar-refractivity contribution in [2.24, 2.45) is 5.92 Å².